The number of allylic oxidation sites excluding steroid dienone is 3. The zero-order valence-electron chi connectivity index (χ0n) is 39.4. The molecule has 9 aromatic rings. The van der Waals surface area contributed by atoms with Gasteiger partial charge in [-0.15, -0.1) is 11.3 Å². The van der Waals surface area contributed by atoms with E-state index >= 15 is 0 Å². The Bertz CT molecular complexity index is 3150. The van der Waals surface area contributed by atoms with Crippen LogP contribution in [0, 0.1) is 20.8 Å². The van der Waals surface area contributed by atoms with Gasteiger partial charge in [-0.05, 0) is 168 Å². The molecule has 0 aliphatic heterocycles. The van der Waals surface area contributed by atoms with Crippen molar-refractivity contribution < 1.29 is 0 Å². The second-order valence-electron chi connectivity index (χ2n) is 16.6. The molecule has 1 heterocycles. The van der Waals surface area contributed by atoms with Gasteiger partial charge in [0.2, 0.25) is 0 Å². The Kier molecular flexibility index (Phi) is 14.3. The molecule has 8 aromatic carbocycles. The summed E-state index contributed by atoms with van der Waals surface area (Å²) in [6, 6.07) is 63.8. The topological polar surface area (TPSA) is 29.3 Å². The smallest absolute Gasteiger partial charge is 0.0468 e. The number of hydrogen-bond acceptors (Lipinski definition) is 3. The summed E-state index contributed by atoms with van der Waals surface area (Å²) in [6.45, 7) is 14.7. The SMILES string of the molecule is C/C=C\C.CC.Cc1ccccc1-c1ccc(-c2ccc(-c3ccc(N(c4ccc(-c5ccccc5)cc4)c4ccc5sc6c(c5c4)C=CCC6)cc3)c(N)c2)c(-c2ccccc2C)c1C. The number of nitrogens with two attached hydrogens (primary N) is 1. The summed E-state index contributed by atoms with van der Waals surface area (Å²) in [7, 11) is 0. The van der Waals surface area contributed by atoms with E-state index in [-0.39, 0.29) is 0 Å². The molecule has 1 aliphatic carbocycles. The molecule has 1 aromatic heterocycles. The number of thiophene rings is 1. The van der Waals surface area contributed by atoms with Crippen molar-refractivity contribution in [2.75, 3.05) is 10.6 Å². The predicted molar refractivity (Wildman–Crippen MR) is 292 cm³/mol. The number of nitrogens with zero attached hydrogens (tertiary/aromatic N) is 1. The van der Waals surface area contributed by atoms with E-state index in [0.717, 1.165) is 52.3 Å². The maximum absolute atomic E-state index is 7.01. The van der Waals surface area contributed by atoms with Crippen LogP contribution in [0.3, 0.4) is 0 Å². The number of aryl methyl sites for hydroxylation is 3. The lowest BCUT2D eigenvalue weighted by atomic mass is 9.84. The number of benzene rings is 8. The lowest BCUT2D eigenvalue weighted by Crippen LogP contribution is -2.09. The van der Waals surface area contributed by atoms with Crippen molar-refractivity contribution in [1.82, 2.24) is 0 Å². The third-order valence-electron chi connectivity index (χ3n) is 12.5. The highest BCUT2D eigenvalue weighted by Gasteiger charge is 2.20. The summed E-state index contributed by atoms with van der Waals surface area (Å²) in [5.41, 5.74) is 28.1. The zero-order valence-corrected chi connectivity index (χ0v) is 40.2. The summed E-state index contributed by atoms with van der Waals surface area (Å²) in [5.74, 6) is 0. The molecular weight excluding hydrogens is 817 g/mol. The average molecular weight is 877 g/mol. The van der Waals surface area contributed by atoms with Crippen molar-refractivity contribution in [1.29, 1.82) is 0 Å². The molecule has 66 heavy (non-hydrogen) atoms. The molecule has 0 bridgehead atoms. The van der Waals surface area contributed by atoms with Gasteiger partial charge in [-0.2, -0.15) is 0 Å². The Labute approximate surface area is 397 Å². The van der Waals surface area contributed by atoms with E-state index in [2.05, 4.69) is 214 Å². The molecule has 0 amide bonds. The van der Waals surface area contributed by atoms with Crippen LogP contribution in [0.15, 0.2) is 194 Å². The summed E-state index contributed by atoms with van der Waals surface area (Å²) in [4.78, 5) is 3.86. The van der Waals surface area contributed by atoms with Gasteiger partial charge in [0.05, 0.1) is 0 Å². The summed E-state index contributed by atoms with van der Waals surface area (Å²) in [5, 5.41) is 1.32. The van der Waals surface area contributed by atoms with Gasteiger partial charge in [-0.1, -0.05) is 166 Å². The minimum Gasteiger partial charge on any atom is -0.398 e. The molecule has 0 atom stereocenters. The van der Waals surface area contributed by atoms with Crippen molar-refractivity contribution in [2.45, 2.75) is 61.3 Å². The van der Waals surface area contributed by atoms with E-state index in [0.29, 0.717) is 0 Å². The van der Waals surface area contributed by atoms with E-state index in [1.54, 1.807) is 0 Å². The lowest BCUT2D eigenvalue weighted by molar-refractivity contribution is 1.02. The molecule has 2 nitrogen and oxygen atoms in total. The second kappa shape index (κ2) is 20.7. The van der Waals surface area contributed by atoms with E-state index < -0.39 is 0 Å². The van der Waals surface area contributed by atoms with E-state index in [1.807, 2.05) is 51.2 Å². The first-order chi connectivity index (χ1) is 32.3. The molecule has 0 unspecified atom stereocenters. The predicted octanol–water partition coefficient (Wildman–Crippen LogP) is 18.8. The number of nitrogen functional groups attached to an aromatic ring is 1. The van der Waals surface area contributed by atoms with Crippen LogP contribution in [-0.4, -0.2) is 0 Å². The average Bonchev–Trinajstić information content (AvgIpc) is 3.74. The fraction of sp³-hybridized carbons (Fsp3) is 0.143. The van der Waals surface area contributed by atoms with Gasteiger partial charge in [-0.3, -0.25) is 0 Å². The van der Waals surface area contributed by atoms with Crippen LogP contribution in [0.1, 0.15) is 61.2 Å². The number of rotatable bonds is 8. The van der Waals surface area contributed by atoms with Crippen LogP contribution in [0.5, 0.6) is 0 Å². The molecule has 1 aliphatic rings. The monoisotopic (exact) mass is 876 g/mol. The normalized spacial score (nSPS) is 11.7. The Morgan fingerprint density at radius 2 is 1.05 bits per heavy atom. The quantitative estimate of drug-likeness (QED) is 0.122. The van der Waals surface area contributed by atoms with Crippen LogP contribution < -0.4 is 10.6 Å². The largest absolute Gasteiger partial charge is 0.398 e. The van der Waals surface area contributed by atoms with E-state index in [4.69, 9.17) is 5.73 Å². The zero-order chi connectivity index (χ0) is 46.2. The fourth-order valence-corrected chi connectivity index (χ4v) is 10.3. The van der Waals surface area contributed by atoms with Gasteiger partial charge in [-0.25, -0.2) is 0 Å². The first kappa shape index (κ1) is 45.4. The molecule has 328 valence electrons. The first-order valence-electron chi connectivity index (χ1n) is 23.3. The standard InChI is InChI=1S/C57H46N2S.C4H8.C2H6/c1-37-13-7-9-17-47(37)49-32-33-51(57(39(49)3)48-18-10-8-14-38(48)2)43-25-31-50(54(58)35-43)42-23-28-45(29-24-42)59(44-26-21-41(22-27-44)40-15-5-4-6-16-40)46-30-34-56-53(36-46)52-19-11-12-20-55(52)60-56;1-3-4-2;1-2/h4-11,13-19,21-36H,12,20,58H2,1-3H3;3-4H,1-2H3;1-2H3/b;4-3-;. The van der Waals surface area contributed by atoms with Gasteiger partial charge in [0, 0.05) is 43.3 Å². The summed E-state index contributed by atoms with van der Waals surface area (Å²) >= 11 is 1.93. The molecule has 2 N–H and O–H groups in total. The van der Waals surface area contributed by atoms with E-state index in [1.165, 1.54) is 76.2 Å². The van der Waals surface area contributed by atoms with Gasteiger partial charge < -0.3 is 10.6 Å². The molecule has 0 spiro atoms. The number of anilines is 4. The fourth-order valence-electron chi connectivity index (χ4n) is 9.06. The molecular formula is C63H60N2S. The van der Waals surface area contributed by atoms with Gasteiger partial charge in [0.1, 0.15) is 0 Å². The van der Waals surface area contributed by atoms with Gasteiger partial charge in [0.25, 0.3) is 0 Å². The van der Waals surface area contributed by atoms with Crippen LogP contribution in [0.2, 0.25) is 0 Å². The molecule has 0 fully saturated rings. The number of hydrogen-bond donors (Lipinski definition) is 1. The van der Waals surface area contributed by atoms with Crippen molar-refractivity contribution in [2.24, 2.45) is 0 Å². The summed E-state index contributed by atoms with van der Waals surface area (Å²) < 4.78 is 1.34. The molecule has 0 saturated heterocycles. The Morgan fingerprint density at radius 1 is 0.500 bits per heavy atom. The Morgan fingerprint density at radius 3 is 1.68 bits per heavy atom. The van der Waals surface area contributed by atoms with Crippen molar-refractivity contribution >= 4 is 50.2 Å². The highest BCUT2D eigenvalue weighted by Crippen LogP contribution is 2.45. The molecule has 0 saturated carbocycles. The third-order valence-corrected chi connectivity index (χ3v) is 13.8. The Hall–Kier alpha value is -7.20. The van der Waals surface area contributed by atoms with E-state index in [9.17, 15) is 0 Å². The highest BCUT2D eigenvalue weighted by molar-refractivity contribution is 7.19. The third kappa shape index (κ3) is 9.31. The molecule has 0 radical (unpaired) electrons. The van der Waals surface area contributed by atoms with Crippen molar-refractivity contribution in [3.8, 4) is 55.6 Å². The minimum absolute atomic E-state index is 0.755. The molecule has 3 heteroatoms. The summed E-state index contributed by atoms with van der Waals surface area (Å²) in [6.07, 6.45) is 10.9. The van der Waals surface area contributed by atoms with Gasteiger partial charge >= 0.3 is 0 Å². The maximum Gasteiger partial charge on any atom is 0.0468 e. The minimum atomic E-state index is 0.755. The number of fused-ring (bicyclic) bond motifs is 3. The van der Waals surface area contributed by atoms with Crippen molar-refractivity contribution in [3.63, 3.8) is 0 Å². The van der Waals surface area contributed by atoms with Gasteiger partial charge in [0.15, 0.2) is 0 Å². The van der Waals surface area contributed by atoms with Crippen molar-refractivity contribution in [3.05, 3.63) is 221 Å². The molecule has 10 rings (SSSR count). The first-order valence-corrected chi connectivity index (χ1v) is 24.2. The van der Waals surface area contributed by atoms with Crippen LogP contribution in [-0.2, 0) is 6.42 Å². The lowest BCUT2D eigenvalue weighted by Gasteiger charge is -2.26. The van der Waals surface area contributed by atoms with Crippen LogP contribution >= 0.6 is 11.3 Å². The maximum atomic E-state index is 7.01. The highest BCUT2D eigenvalue weighted by atomic mass is 32.1. The van der Waals surface area contributed by atoms with Crippen LogP contribution in [0.25, 0.3) is 71.8 Å². The van der Waals surface area contributed by atoms with Crippen LogP contribution in [0.4, 0.5) is 22.7 Å². The Balaban J connectivity index is 0.000000938. The second-order valence-corrected chi connectivity index (χ2v) is 17.8.